The van der Waals surface area contributed by atoms with Gasteiger partial charge in [0.25, 0.3) is 0 Å². The second-order valence-electron chi connectivity index (χ2n) is 3.46. The molecule has 9 heavy (non-hydrogen) atoms. The van der Waals surface area contributed by atoms with Crippen LogP contribution in [0.2, 0.25) is 0 Å². The van der Waals surface area contributed by atoms with E-state index in [-0.39, 0.29) is 0 Å². The van der Waals surface area contributed by atoms with E-state index in [1.807, 2.05) is 0 Å². The SMILES string of the molecule is C[C@H]1CCCOC12CC2. The molecule has 2 fully saturated rings. The van der Waals surface area contributed by atoms with Crippen LogP contribution in [0.1, 0.15) is 32.6 Å². The minimum Gasteiger partial charge on any atom is -0.375 e. The first-order valence-corrected chi connectivity index (χ1v) is 3.97. The van der Waals surface area contributed by atoms with E-state index < -0.39 is 0 Å². The lowest BCUT2D eigenvalue weighted by Gasteiger charge is -2.28. The Kier molecular flexibility index (Phi) is 1.10. The van der Waals surface area contributed by atoms with Crippen LogP contribution in [0, 0.1) is 5.92 Å². The number of rotatable bonds is 0. The van der Waals surface area contributed by atoms with Crippen molar-refractivity contribution in [1.29, 1.82) is 0 Å². The van der Waals surface area contributed by atoms with Crippen LogP contribution in [-0.2, 0) is 4.74 Å². The molecule has 1 heterocycles. The molecule has 1 saturated carbocycles. The van der Waals surface area contributed by atoms with Gasteiger partial charge in [-0.1, -0.05) is 6.92 Å². The molecule has 0 amide bonds. The maximum Gasteiger partial charge on any atom is 0.0710 e. The molecule has 1 atom stereocenters. The Morgan fingerprint density at radius 1 is 1.44 bits per heavy atom. The Labute approximate surface area is 56.4 Å². The van der Waals surface area contributed by atoms with E-state index in [0.717, 1.165) is 12.5 Å². The quantitative estimate of drug-likeness (QED) is 0.482. The highest BCUT2D eigenvalue weighted by Crippen LogP contribution is 2.49. The van der Waals surface area contributed by atoms with Crippen LogP contribution in [-0.4, -0.2) is 12.2 Å². The second-order valence-corrected chi connectivity index (χ2v) is 3.46. The van der Waals surface area contributed by atoms with Gasteiger partial charge in [0.1, 0.15) is 0 Å². The summed E-state index contributed by atoms with van der Waals surface area (Å²) in [5, 5.41) is 0. The molecule has 0 aromatic carbocycles. The smallest absolute Gasteiger partial charge is 0.0710 e. The van der Waals surface area contributed by atoms with Crippen molar-refractivity contribution in [1.82, 2.24) is 0 Å². The van der Waals surface area contributed by atoms with Gasteiger partial charge in [0.05, 0.1) is 5.60 Å². The van der Waals surface area contributed by atoms with Crippen molar-refractivity contribution in [3.8, 4) is 0 Å². The monoisotopic (exact) mass is 126 g/mol. The van der Waals surface area contributed by atoms with E-state index in [1.165, 1.54) is 25.7 Å². The lowest BCUT2D eigenvalue weighted by Crippen LogP contribution is -2.29. The summed E-state index contributed by atoms with van der Waals surface area (Å²) >= 11 is 0. The average molecular weight is 126 g/mol. The predicted octanol–water partition coefficient (Wildman–Crippen LogP) is 1.97. The molecule has 0 N–H and O–H groups in total. The molecule has 52 valence electrons. The number of hydrogen-bond donors (Lipinski definition) is 0. The van der Waals surface area contributed by atoms with Gasteiger partial charge in [0, 0.05) is 6.61 Å². The minimum atomic E-state index is 0.387. The van der Waals surface area contributed by atoms with Gasteiger partial charge in [-0.3, -0.25) is 0 Å². The van der Waals surface area contributed by atoms with Gasteiger partial charge in [-0.25, -0.2) is 0 Å². The van der Waals surface area contributed by atoms with Gasteiger partial charge in [0.15, 0.2) is 0 Å². The number of hydrogen-bond acceptors (Lipinski definition) is 1. The van der Waals surface area contributed by atoms with Crippen molar-refractivity contribution in [2.75, 3.05) is 6.61 Å². The highest BCUT2D eigenvalue weighted by molar-refractivity contribution is 5.01. The van der Waals surface area contributed by atoms with Gasteiger partial charge < -0.3 is 4.74 Å². The summed E-state index contributed by atoms with van der Waals surface area (Å²) in [5.41, 5.74) is 0.387. The molecule has 2 rings (SSSR count). The predicted molar refractivity (Wildman–Crippen MR) is 36.3 cm³/mol. The molecular weight excluding hydrogens is 112 g/mol. The van der Waals surface area contributed by atoms with E-state index in [1.54, 1.807) is 0 Å². The maximum absolute atomic E-state index is 5.69. The van der Waals surface area contributed by atoms with Crippen LogP contribution in [0.3, 0.4) is 0 Å². The zero-order chi connectivity index (χ0) is 6.32. The maximum atomic E-state index is 5.69. The van der Waals surface area contributed by atoms with E-state index in [4.69, 9.17) is 4.74 Å². The van der Waals surface area contributed by atoms with Crippen LogP contribution < -0.4 is 0 Å². The van der Waals surface area contributed by atoms with Crippen molar-refractivity contribution in [3.63, 3.8) is 0 Å². The van der Waals surface area contributed by atoms with E-state index in [9.17, 15) is 0 Å². The average Bonchev–Trinajstić information content (AvgIpc) is 2.60. The molecule has 2 aliphatic rings. The van der Waals surface area contributed by atoms with Crippen molar-refractivity contribution in [3.05, 3.63) is 0 Å². The topological polar surface area (TPSA) is 9.23 Å². The fraction of sp³-hybridized carbons (Fsp3) is 1.00. The van der Waals surface area contributed by atoms with Crippen molar-refractivity contribution in [2.45, 2.75) is 38.2 Å². The van der Waals surface area contributed by atoms with E-state index in [2.05, 4.69) is 6.92 Å². The lowest BCUT2D eigenvalue weighted by molar-refractivity contribution is -0.0409. The number of ether oxygens (including phenoxy) is 1. The van der Waals surface area contributed by atoms with Gasteiger partial charge in [-0.05, 0) is 31.6 Å². The lowest BCUT2D eigenvalue weighted by atomic mass is 9.94. The summed E-state index contributed by atoms with van der Waals surface area (Å²) < 4.78 is 5.69. The molecule has 1 spiro atoms. The second kappa shape index (κ2) is 1.72. The summed E-state index contributed by atoms with van der Waals surface area (Å²) in [5.74, 6) is 0.839. The van der Waals surface area contributed by atoms with Crippen molar-refractivity contribution in [2.24, 2.45) is 5.92 Å². The first kappa shape index (κ1) is 5.72. The summed E-state index contributed by atoms with van der Waals surface area (Å²) in [7, 11) is 0. The van der Waals surface area contributed by atoms with Crippen LogP contribution in [0.15, 0.2) is 0 Å². The molecule has 0 aromatic rings. The third-order valence-corrected chi connectivity index (χ3v) is 2.81. The molecular formula is C8H14O. The molecule has 1 heteroatoms. The van der Waals surface area contributed by atoms with Crippen LogP contribution >= 0.6 is 0 Å². The van der Waals surface area contributed by atoms with Crippen molar-refractivity contribution >= 4 is 0 Å². The highest BCUT2D eigenvalue weighted by Gasteiger charge is 2.49. The summed E-state index contributed by atoms with van der Waals surface area (Å²) in [4.78, 5) is 0. The Morgan fingerprint density at radius 2 is 2.22 bits per heavy atom. The van der Waals surface area contributed by atoms with Gasteiger partial charge in [-0.2, -0.15) is 0 Å². The third kappa shape index (κ3) is 0.787. The third-order valence-electron chi connectivity index (χ3n) is 2.81. The Morgan fingerprint density at radius 3 is 2.67 bits per heavy atom. The molecule has 1 nitrogen and oxygen atoms in total. The fourth-order valence-electron chi connectivity index (χ4n) is 1.83. The molecule has 0 aromatic heterocycles. The highest BCUT2D eigenvalue weighted by atomic mass is 16.5. The molecule has 1 aliphatic heterocycles. The summed E-state index contributed by atoms with van der Waals surface area (Å²) in [6, 6.07) is 0. The first-order chi connectivity index (χ1) is 4.33. The molecule has 0 unspecified atom stereocenters. The minimum absolute atomic E-state index is 0.387. The van der Waals surface area contributed by atoms with Gasteiger partial charge >= 0.3 is 0 Å². The first-order valence-electron chi connectivity index (χ1n) is 3.97. The van der Waals surface area contributed by atoms with Crippen molar-refractivity contribution < 1.29 is 4.74 Å². The van der Waals surface area contributed by atoms with Gasteiger partial charge in [-0.15, -0.1) is 0 Å². The zero-order valence-electron chi connectivity index (χ0n) is 6.02. The van der Waals surface area contributed by atoms with E-state index in [0.29, 0.717) is 5.60 Å². The Balaban J connectivity index is 2.03. The normalized spacial score (nSPS) is 39.0. The Bertz CT molecular complexity index is 116. The van der Waals surface area contributed by atoms with Gasteiger partial charge in [0.2, 0.25) is 0 Å². The molecule has 1 saturated heterocycles. The Hall–Kier alpha value is -0.0400. The largest absolute Gasteiger partial charge is 0.375 e. The van der Waals surface area contributed by atoms with Crippen LogP contribution in [0.5, 0.6) is 0 Å². The standard InChI is InChI=1S/C8H14O/c1-7-3-2-6-9-8(7)4-5-8/h7H,2-6H2,1H3/t7-/m0/s1. The molecule has 1 aliphatic carbocycles. The van der Waals surface area contributed by atoms with Crippen LogP contribution in [0.4, 0.5) is 0 Å². The summed E-state index contributed by atoms with van der Waals surface area (Å²) in [6.07, 6.45) is 5.32. The summed E-state index contributed by atoms with van der Waals surface area (Å²) in [6.45, 7) is 3.34. The zero-order valence-corrected chi connectivity index (χ0v) is 6.02. The van der Waals surface area contributed by atoms with E-state index >= 15 is 0 Å². The molecule has 0 bridgehead atoms. The fourth-order valence-corrected chi connectivity index (χ4v) is 1.83. The van der Waals surface area contributed by atoms with Crippen LogP contribution in [0.25, 0.3) is 0 Å². The molecule has 0 radical (unpaired) electrons.